The highest BCUT2D eigenvalue weighted by Gasteiger charge is 2.27. The number of phenols is 1. The van der Waals surface area contributed by atoms with Gasteiger partial charge in [-0.1, -0.05) is 26.3 Å². The molecule has 3 aromatic rings. The lowest BCUT2D eigenvalue weighted by Crippen LogP contribution is -2.33. The van der Waals surface area contributed by atoms with Crippen molar-refractivity contribution in [3.8, 4) is 11.5 Å². The molecule has 1 fully saturated rings. The number of hydrogen-bond donors (Lipinski definition) is 2. The van der Waals surface area contributed by atoms with Gasteiger partial charge in [0.1, 0.15) is 18.1 Å². The maximum atomic E-state index is 13.4. The average molecular weight is 463 g/mol. The van der Waals surface area contributed by atoms with Crippen molar-refractivity contribution in [2.75, 3.05) is 26.2 Å². The predicted octanol–water partition coefficient (Wildman–Crippen LogP) is 4.49. The van der Waals surface area contributed by atoms with E-state index in [9.17, 15) is 9.90 Å². The third-order valence-corrected chi connectivity index (χ3v) is 6.90. The molecule has 1 aromatic heterocycles. The van der Waals surface area contributed by atoms with Crippen molar-refractivity contribution >= 4 is 16.8 Å². The highest BCUT2D eigenvalue weighted by molar-refractivity contribution is 6.01. The molecule has 0 unspecified atom stereocenters. The Morgan fingerprint density at radius 3 is 2.71 bits per heavy atom. The minimum absolute atomic E-state index is 0.0186. The van der Waals surface area contributed by atoms with Gasteiger partial charge in [-0.15, -0.1) is 0 Å². The van der Waals surface area contributed by atoms with Gasteiger partial charge in [0.25, 0.3) is 5.91 Å². The van der Waals surface area contributed by atoms with E-state index in [1.165, 1.54) is 32.4 Å². The molecule has 0 radical (unpaired) electrons. The van der Waals surface area contributed by atoms with Crippen LogP contribution < -0.4 is 4.74 Å². The SMILES string of the molecule is CC(C)Cc1n[nH]c2cc(O)c(C(=O)N3Cc4ccc(OCCN5CCCCC5)cc4C3)cc12. The number of piperidine rings is 1. The molecule has 7 nitrogen and oxygen atoms in total. The number of amides is 1. The Labute approximate surface area is 200 Å². The second-order valence-corrected chi connectivity index (χ2v) is 10.0. The molecule has 5 rings (SSSR count). The Balaban J connectivity index is 1.26. The molecule has 3 heterocycles. The zero-order valence-corrected chi connectivity index (χ0v) is 20.1. The third kappa shape index (κ3) is 4.75. The van der Waals surface area contributed by atoms with Crippen molar-refractivity contribution in [3.63, 3.8) is 0 Å². The van der Waals surface area contributed by atoms with Crippen LogP contribution in [0.3, 0.4) is 0 Å². The van der Waals surface area contributed by atoms with Crippen LogP contribution in [-0.2, 0) is 19.5 Å². The molecule has 34 heavy (non-hydrogen) atoms. The van der Waals surface area contributed by atoms with Gasteiger partial charge in [-0.2, -0.15) is 5.10 Å². The lowest BCUT2D eigenvalue weighted by molar-refractivity contribution is 0.0748. The van der Waals surface area contributed by atoms with Crippen molar-refractivity contribution in [1.29, 1.82) is 0 Å². The number of nitrogens with zero attached hydrogens (tertiary/aromatic N) is 3. The zero-order valence-electron chi connectivity index (χ0n) is 20.1. The van der Waals surface area contributed by atoms with Gasteiger partial charge in [0.05, 0.1) is 16.8 Å². The van der Waals surface area contributed by atoms with Crippen molar-refractivity contribution in [1.82, 2.24) is 20.0 Å². The summed E-state index contributed by atoms with van der Waals surface area (Å²) in [7, 11) is 0. The normalized spacial score (nSPS) is 16.4. The van der Waals surface area contributed by atoms with E-state index >= 15 is 0 Å². The number of H-pyrrole nitrogens is 1. The van der Waals surface area contributed by atoms with Crippen LogP contribution in [0.4, 0.5) is 0 Å². The average Bonchev–Trinajstić information content (AvgIpc) is 3.42. The largest absolute Gasteiger partial charge is 0.507 e. The van der Waals surface area contributed by atoms with Crippen LogP contribution in [-0.4, -0.2) is 57.3 Å². The first-order chi connectivity index (χ1) is 16.5. The number of aromatic hydroxyl groups is 1. The second-order valence-electron chi connectivity index (χ2n) is 10.0. The van der Waals surface area contributed by atoms with Crippen LogP contribution in [0, 0.1) is 5.92 Å². The molecule has 2 aromatic carbocycles. The van der Waals surface area contributed by atoms with Gasteiger partial charge >= 0.3 is 0 Å². The van der Waals surface area contributed by atoms with E-state index in [4.69, 9.17) is 4.74 Å². The Kier molecular flexibility index (Phi) is 6.46. The van der Waals surface area contributed by atoms with E-state index in [1.54, 1.807) is 17.0 Å². The monoisotopic (exact) mass is 462 g/mol. The molecule has 1 amide bonds. The van der Waals surface area contributed by atoms with Crippen molar-refractivity contribution in [2.45, 2.75) is 52.6 Å². The number of hydrogen-bond acceptors (Lipinski definition) is 5. The molecule has 0 saturated carbocycles. The van der Waals surface area contributed by atoms with E-state index in [0.717, 1.165) is 46.4 Å². The van der Waals surface area contributed by atoms with Gasteiger partial charge in [-0.05, 0) is 67.6 Å². The molecule has 0 spiro atoms. The lowest BCUT2D eigenvalue weighted by atomic mass is 10.0. The molecule has 0 bridgehead atoms. The van der Waals surface area contributed by atoms with Crippen LogP contribution in [0.1, 0.15) is 60.3 Å². The fourth-order valence-corrected chi connectivity index (χ4v) is 5.07. The number of benzene rings is 2. The number of likely N-dealkylation sites (tertiary alicyclic amines) is 1. The number of fused-ring (bicyclic) bond motifs is 2. The lowest BCUT2D eigenvalue weighted by Gasteiger charge is -2.26. The highest BCUT2D eigenvalue weighted by Crippen LogP contribution is 2.32. The predicted molar refractivity (Wildman–Crippen MR) is 132 cm³/mol. The summed E-state index contributed by atoms with van der Waals surface area (Å²) in [5.74, 6) is 1.12. The number of ether oxygens (including phenoxy) is 1. The van der Waals surface area contributed by atoms with Gasteiger partial charge in [0, 0.05) is 31.1 Å². The molecule has 180 valence electrons. The Morgan fingerprint density at radius 1 is 1.12 bits per heavy atom. The van der Waals surface area contributed by atoms with E-state index in [-0.39, 0.29) is 11.7 Å². The van der Waals surface area contributed by atoms with Crippen molar-refractivity contribution < 1.29 is 14.6 Å². The molecular formula is C27H34N4O3. The summed E-state index contributed by atoms with van der Waals surface area (Å²) in [4.78, 5) is 17.6. The van der Waals surface area contributed by atoms with Crippen LogP contribution in [0.5, 0.6) is 11.5 Å². The van der Waals surface area contributed by atoms with Crippen LogP contribution in [0.25, 0.3) is 10.9 Å². The topological polar surface area (TPSA) is 81.7 Å². The summed E-state index contributed by atoms with van der Waals surface area (Å²) in [6.45, 7) is 9.29. The third-order valence-electron chi connectivity index (χ3n) is 6.90. The molecule has 2 aliphatic rings. The van der Waals surface area contributed by atoms with Gasteiger partial charge in [-0.3, -0.25) is 14.8 Å². The molecule has 2 aliphatic heterocycles. The molecule has 0 atom stereocenters. The number of rotatable bonds is 7. The van der Waals surface area contributed by atoms with Gasteiger partial charge in [0.15, 0.2) is 0 Å². The summed E-state index contributed by atoms with van der Waals surface area (Å²) in [5, 5.41) is 18.8. The van der Waals surface area contributed by atoms with Crippen molar-refractivity contribution in [2.24, 2.45) is 5.92 Å². The second kappa shape index (κ2) is 9.66. The maximum absolute atomic E-state index is 13.4. The standard InChI is InChI=1S/C27H34N4O3/c1-18(2)12-24-22-14-23(26(32)15-25(22)29-28-24)27(33)31-16-19-6-7-21(13-20(19)17-31)34-11-10-30-8-4-3-5-9-30/h6-7,13-15,18,32H,3-5,8-12,16-17H2,1-2H3,(H,28,29). The molecule has 1 saturated heterocycles. The van der Waals surface area contributed by atoms with Crippen LogP contribution >= 0.6 is 0 Å². The summed E-state index contributed by atoms with van der Waals surface area (Å²) in [5.41, 5.74) is 4.23. The van der Waals surface area contributed by atoms with Crippen molar-refractivity contribution in [3.05, 3.63) is 52.7 Å². The van der Waals surface area contributed by atoms with E-state index in [2.05, 4.69) is 41.1 Å². The van der Waals surface area contributed by atoms with Crippen LogP contribution in [0.15, 0.2) is 30.3 Å². The quantitative estimate of drug-likeness (QED) is 0.541. The summed E-state index contributed by atoms with van der Waals surface area (Å²) in [6.07, 6.45) is 4.72. The number of carbonyl (C=O) groups is 1. The Hall–Kier alpha value is -3.06. The van der Waals surface area contributed by atoms with Gasteiger partial charge in [0.2, 0.25) is 0 Å². The number of carbonyl (C=O) groups excluding carboxylic acids is 1. The maximum Gasteiger partial charge on any atom is 0.258 e. The molecule has 2 N–H and O–H groups in total. The van der Waals surface area contributed by atoms with Gasteiger partial charge in [-0.25, -0.2) is 0 Å². The first kappa shape index (κ1) is 22.7. The minimum atomic E-state index is -0.167. The smallest absolute Gasteiger partial charge is 0.258 e. The number of aromatic nitrogens is 2. The number of nitrogens with one attached hydrogen (secondary N) is 1. The first-order valence-electron chi connectivity index (χ1n) is 12.4. The first-order valence-corrected chi connectivity index (χ1v) is 12.4. The summed E-state index contributed by atoms with van der Waals surface area (Å²) >= 11 is 0. The highest BCUT2D eigenvalue weighted by atomic mass is 16.5. The molecule has 7 heteroatoms. The molecular weight excluding hydrogens is 428 g/mol. The molecule has 0 aliphatic carbocycles. The summed E-state index contributed by atoms with van der Waals surface area (Å²) in [6, 6.07) is 9.50. The van der Waals surface area contributed by atoms with E-state index < -0.39 is 0 Å². The Bertz CT molecular complexity index is 1180. The Morgan fingerprint density at radius 2 is 1.91 bits per heavy atom. The number of phenolic OH excluding ortho intramolecular Hbond substituents is 1. The summed E-state index contributed by atoms with van der Waals surface area (Å²) < 4.78 is 6.02. The van der Waals surface area contributed by atoms with Gasteiger partial charge < -0.3 is 14.7 Å². The minimum Gasteiger partial charge on any atom is -0.507 e. The number of aromatic amines is 1. The zero-order chi connectivity index (χ0) is 23.7. The van der Waals surface area contributed by atoms with E-state index in [0.29, 0.717) is 31.2 Å². The fourth-order valence-electron chi connectivity index (χ4n) is 5.07. The fraction of sp³-hybridized carbons (Fsp3) is 0.481. The van der Waals surface area contributed by atoms with Crippen LogP contribution in [0.2, 0.25) is 0 Å². The van der Waals surface area contributed by atoms with E-state index in [1.807, 2.05) is 6.07 Å².